The minimum atomic E-state index is -1.26. The van der Waals surface area contributed by atoms with E-state index in [4.69, 9.17) is 14.9 Å². The molecule has 1 aliphatic heterocycles. The summed E-state index contributed by atoms with van der Waals surface area (Å²) < 4.78 is 5.24. The Kier molecular flexibility index (Phi) is 4.54. The number of aliphatic carboxylic acids is 2. The third-order valence-electron chi connectivity index (χ3n) is 3.23. The predicted molar refractivity (Wildman–Crippen MR) is 70.7 cm³/mol. The molecule has 112 valence electrons. The first kappa shape index (κ1) is 15.0. The van der Waals surface area contributed by atoms with Crippen LogP contribution in [-0.2, 0) is 27.5 Å². The van der Waals surface area contributed by atoms with Crippen molar-refractivity contribution < 1.29 is 29.3 Å². The van der Waals surface area contributed by atoms with E-state index in [1.165, 1.54) is 0 Å². The van der Waals surface area contributed by atoms with Crippen molar-refractivity contribution in [2.24, 2.45) is 0 Å². The number of carboxylic acids is 2. The van der Waals surface area contributed by atoms with E-state index < -0.39 is 23.9 Å². The summed E-state index contributed by atoms with van der Waals surface area (Å²) in [5.41, 5.74) is 2.24. The minimum absolute atomic E-state index is 0.162. The zero-order valence-electron chi connectivity index (χ0n) is 11.2. The highest BCUT2D eigenvalue weighted by atomic mass is 16.5. The Balaban J connectivity index is 2.04. The van der Waals surface area contributed by atoms with Gasteiger partial charge in [-0.15, -0.1) is 0 Å². The van der Waals surface area contributed by atoms with Gasteiger partial charge in [0.15, 0.2) is 0 Å². The van der Waals surface area contributed by atoms with Gasteiger partial charge in [0.1, 0.15) is 6.04 Å². The first-order valence-corrected chi connectivity index (χ1v) is 6.42. The van der Waals surface area contributed by atoms with Crippen molar-refractivity contribution in [3.8, 4) is 0 Å². The number of hydrogen-bond donors (Lipinski definition) is 3. The number of carbonyl (C=O) groups is 3. The van der Waals surface area contributed by atoms with Gasteiger partial charge in [-0.1, -0.05) is 6.07 Å². The maximum absolute atomic E-state index is 12.0. The molecule has 1 aliphatic rings. The first-order valence-electron chi connectivity index (χ1n) is 6.42. The molecule has 0 bridgehead atoms. The number of carbonyl (C=O) groups excluding carboxylic acids is 1. The molecule has 0 saturated heterocycles. The second kappa shape index (κ2) is 6.36. The van der Waals surface area contributed by atoms with Crippen LogP contribution in [-0.4, -0.2) is 34.1 Å². The van der Waals surface area contributed by atoms with E-state index in [2.05, 4.69) is 5.32 Å². The molecular formula is C14H15NO6. The number of ether oxygens (including phenoxy) is 1. The average molecular weight is 293 g/mol. The molecule has 7 heteroatoms. The molecule has 7 nitrogen and oxygen atoms in total. The molecule has 0 aliphatic carbocycles. The lowest BCUT2D eigenvalue weighted by Crippen LogP contribution is -2.41. The van der Waals surface area contributed by atoms with E-state index in [9.17, 15) is 14.4 Å². The zero-order valence-corrected chi connectivity index (χ0v) is 11.2. The van der Waals surface area contributed by atoms with Gasteiger partial charge in [-0.25, -0.2) is 4.79 Å². The van der Waals surface area contributed by atoms with E-state index in [1.807, 2.05) is 0 Å². The van der Waals surface area contributed by atoms with Crippen molar-refractivity contribution in [3.63, 3.8) is 0 Å². The second-order valence-corrected chi connectivity index (χ2v) is 4.77. The Bertz CT molecular complexity index is 583. The Hall–Kier alpha value is -2.41. The number of carboxylic acid groups (broad SMARTS) is 2. The van der Waals surface area contributed by atoms with Crippen LogP contribution in [0.15, 0.2) is 18.2 Å². The summed E-state index contributed by atoms with van der Waals surface area (Å²) in [7, 11) is 0. The van der Waals surface area contributed by atoms with Gasteiger partial charge in [0.25, 0.3) is 5.91 Å². The van der Waals surface area contributed by atoms with Crippen LogP contribution in [0.4, 0.5) is 0 Å². The van der Waals surface area contributed by atoms with Gasteiger partial charge in [-0.2, -0.15) is 0 Å². The third-order valence-corrected chi connectivity index (χ3v) is 3.23. The summed E-state index contributed by atoms with van der Waals surface area (Å²) in [5.74, 6) is -2.90. The van der Waals surface area contributed by atoms with Gasteiger partial charge in [-0.3, -0.25) is 9.59 Å². The molecule has 1 heterocycles. The summed E-state index contributed by atoms with van der Waals surface area (Å²) in [6, 6.07) is 3.80. The molecule has 0 aromatic heterocycles. The number of amides is 1. The molecular weight excluding hydrogens is 278 g/mol. The van der Waals surface area contributed by atoms with Gasteiger partial charge in [0, 0.05) is 12.0 Å². The van der Waals surface area contributed by atoms with E-state index in [0.717, 1.165) is 11.1 Å². The molecule has 0 fully saturated rings. The Labute approximate surface area is 120 Å². The predicted octanol–water partition coefficient (Wildman–Crippen LogP) is 0.765. The van der Waals surface area contributed by atoms with Gasteiger partial charge in [0.2, 0.25) is 0 Å². The molecule has 1 atom stereocenters. The van der Waals surface area contributed by atoms with Gasteiger partial charge < -0.3 is 20.3 Å². The van der Waals surface area contributed by atoms with Crippen LogP contribution < -0.4 is 5.32 Å². The minimum Gasteiger partial charge on any atom is -0.481 e. The Morgan fingerprint density at radius 2 is 1.90 bits per heavy atom. The topological polar surface area (TPSA) is 113 Å². The van der Waals surface area contributed by atoms with Crippen molar-refractivity contribution in [1.82, 2.24) is 5.32 Å². The summed E-state index contributed by atoms with van der Waals surface area (Å²) in [6.45, 7) is 0.936. The molecule has 0 saturated carbocycles. The number of fused-ring (bicyclic) bond motifs is 1. The highest BCUT2D eigenvalue weighted by Gasteiger charge is 2.22. The van der Waals surface area contributed by atoms with Crippen LogP contribution >= 0.6 is 0 Å². The van der Waals surface area contributed by atoms with Crippen molar-refractivity contribution in [2.75, 3.05) is 0 Å². The van der Waals surface area contributed by atoms with Crippen LogP contribution in [0.5, 0.6) is 0 Å². The van der Waals surface area contributed by atoms with Crippen molar-refractivity contribution in [1.29, 1.82) is 0 Å². The largest absolute Gasteiger partial charge is 0.481 e. The van der Waals surface area contributed by atoms with Gasteiger partial charge >= 0.3 is 11.9 Å². The fourth-order valence-corrected chi connectivity index (χ4v) is 2.08. The van der Waals surface area contributed by atoms with Crippen LogP contribution in [0.2, 0.25) is 0 Å². The molecule has 3 N–H and O–H groups in total. The molecule has 1 aromatic rings. The summed E-state index contributed by atoms with van der Waals surface area (Å²) in [5, 5.41) is 19.9. The average Bonchev–Trinajstić information content (AvgIpc) is 2.89. The quantitative estimate of drug-likeness (QED) is 0.714. The van der Waals surface area contributed by atoms with Crippen LogP contribution in [0.1, 0.15) is 34.3 Å². The summed E-state index contributed by atoms with van der Waals surface area (Å²) in [4.78, 5) is 33.6. The van der Waals surface area contributed by atoms with Crippen molar-refractivity contribution >= 4 is 17.8 Å². The standard InChI is InChI=1S/C14H15NO6/c16-12(17)4-3-11(14(19)20)15-13(18)8-1-2-9-6-21-7-10(9)5-8/h1-2,5,11H,3-4,6-7H2,(H,15,18)(H,16,17)(H,19,20)/t11-/m0/s1. The Morgan fingerprint density at radius 3 is 2.57 bits per heavy atom. The van der Waals surface area contributed by atoms with Crippen LogP contribution in [0.3, 0.4) is 0 Å². The Morgan fingerprint density at radius 1 is 1.19 bits per heavy atom. The van der Waals surface area contributed by atoms with Gasteiger partial charge in [0.05, 0.1) is 13.2 Å². The highest BCUT2D eigenvalue weighted by Crippen LogP contribution is 2.20. The van der Waals surface area contributed by atoms with E-state index in [0.29, 0.717) is 18.8 Å². The molecule has 21 heavy (non-hydrogen) atoms. The van der Waals surface area contributed by atoms with Crippen LogP contribution in [0, 0.1) is 0 Å². The maximum Gasteiger partial charge on any atom is 0.326 e. The monoisotopic (exact) mass is 293 g/mol. The summed E-state index contributed by atoms with van der Waals surface area (Å²) >= 11 is 0. The third kappa shape index (κ3) is 3.79. The van der Waals surface area contributed by atoms with Crippen molar-refractivity contribution in [3.05, 3.63) is 34.9 Å². The smallest absolute Gasteiger partial charge is 0.326 e. The molecule has 2 rings (SSSR count). The molecule has 0 spiro atoms. The molecule has 1 aromatic carbocycles. The van der Waals surface area contributed by atoms with Crippen molar-refractivity contribution in [2.45, 2.75) is 32.1 Å². The highest BCUT2D eigenvalue weighted by molar-refractivity contribution is 5.96. The zero-order chi connectivity index (χ0) is 15.4. The first-order chi connectivity index (χ1) is 9.97. The lowest BCUT2D eigenvalue weighted by atomic mass is 10.1. The SMILES string of the molecule is O=C(O)CC[C@H](NC(=O)c1ccc2c(c1)COC2)C(=O)O. The van der Waals surface area contributed by atoms with Crippen LogP contribution in [0.25, 0.3) is 0 Å². The number of hydrogen-bond acceptors (Lipinski definition) is 4. The lowest BCUT2D eigenvalue weighted by molar-refractivity contribution is -0.140. The number of rotatable bonds is 6. The normalized spacial score (nSPS) is 14.3. The molecule has 1 amide bonds. The van der Waals surface area contributed by atoms with E-state index >= 15 is 0 Å². The summed E-state index contributed by atoms with van der Waals surface area (Å²) in [6.07, 6.45) is -0.486. The van der Waals surface area contributed by atoms with Gasteiger partial charge in [-0.05, 0) is 29.7 Å². The molecule has 0 radical (unpaired) electrons. The number of benzene rings is 1. The van der Waals surface area contributed by atoms with E-state index in [-0.39, 0.29) is 12.8 Å². The fraction of sp³-hybridized carbons (Fsp3) is 0.357. The molecule has 0 unspecified atom stereocenters. The second-order valence-electron chi connectivity index (χ2n) is 4.77. The fourth-order valence-electron chi connectivity index (χ4n) is 2.08. The maximum atomic E-state index is 12.0. The van der Waals surface area contributed by atoms with E-state index in [1.54, 1.807) is 18.2 Å². The number of nitrogens with one attached hydrogen (secondary N) is 1. The lowest BCUT2D eigenvalue weighted by Gasteiger charge is -2.13.